The molecule has 0 spiro atoms. The zero-order valence-electron chi connectivity index (χ0n) is 23.3. The van der Waals surface area contributed by atoms with Crippen LogP contribution < -0.4 is 0 Å². The minimum absolute atomic E-state index is 0.135. The molecule has 3 heteroatoms. The monoisotopic (exact) mass is 614 g/mol. The normalized spacial score (nSPS) is 11.3. The molecule has 0 atom stereocenters. The van der Waals surface area contributed by atoms with Gasteiger partial charge in [-0.05, 0) is 0 Å². The summed E-state index contributed by atoms with van der Waals surface area (Å²) in [4.78, 5) is 10.0. The summed E-state index contributed by atoms with van der Waals surface area (Å²) >= 11 is 0.135. The molecule has 0 radical (unpaired) electrons. The summed E-state index contributed by atoms with van der Waals surface area (Å²) in [5.74, 6) is 0. The van der Waals surface area contributed by atoms with Gasteiger partial charge < -0.3 is 0 Å². The summed E-state index contributed by atoms with van der Waals surface area (Å²) in [6.45, 7) is 0. The molecule has 8 rings (SSSR count). The van der Waals surface area contributed by atoms with Gasteiger partial charge in [-0.1, -0.05) is 12.1 Å². The van der Waals surface area contributed by atoms with E-state index in [4.69, 9.17) is 9.97 Å². The standard InChI is InChI=1S/C40H26N2Se/c1-4-11-27(12-5-1)32-23-33(28-13-6-2-7-14-28)25-34(24-32)35-17-10-22-41-38(35)31-19-18-29-20-21-37-39(36(29)26-31)43-40(42-37)30-15-8-3-9-16-30/h1-26H. The summed E-state index contributed by atoms with van der Waals surface area (Å²) < 4.78 is 2.53. The number of benzene rings is 6. The Morgan fingerprint density at radius 1 is 0.442 bits per heavy atom. The fourth-order valence-electron chi connectivity index (χ4n) is 5.80. The molecule has 6 aromatic carbocycles. The molecular formula is C40H26N2Se. The maximum atomic E-state index is 5.05. The third-order valence-electron chi connectivity index (χ3n) is 7.93. The molecule has 0 unspecified atom stereocenters. The van der Waals surface area contributed by atoms with Gasteiger partial charge in [-0.2, -0.15) is 0 Å². The summed E-state index contributed by atoms with van der Waals surface area (Å²) in [6.07, 6.45) is 1.90. The molecule has 202 valence electrons. The molecule has 0 fully saturated rings. The van der Waals surface area contributed by atoms with Crippen LogP contribution in [0, 0.1) is 0 Å². The van der Waals surface area contributed by atoms with Crippen LogP contribution in [0.15, 0.2) is 158 Å². The molecule has 0 aliphatic rings. The van der Waals surface area contributed by atoms with E-state index < -0.39 is 0 Å². The molecule has 2 aromatic heterocycles. The Morgan fingerprint density at radius 2 is 1.05 bits per heavy atom. The molecule has 0 saturated heterocycles. The number of fused-ring (bicyclic) bond motifs is 3. The van der Waals surface area contributed by atoms with Crippen LogP contribution in [0.5, 0.6) is 0 Å². The van der Waals surface area contributed by atoms with Crippen LogP contribution in [0.1, 0.15) is 0 Å². The molecule has 0 amide bonds. The predicted molar refractivity (Wildman–Crippen MR) is 181 cm³/mol. The Morgan fingerprint density at radius 3 is 1.72 bits per heavy atom. The number of hydrogen-bond donors (Lipinski definition) is 0. The molecule has 2 heterocycles. The topological polar surface area (TPSA) is 25.8 Å². The van der Waals surface area contributed by atoms with E-state index >= 15 is 0 Å². The van der Waals surface area contributed by atoms with Crippen molar-refractivity contribution in [2.24, 2.45) is 0 Å². The van der Waals surface area contributed by atoms with E-state index in [1.165, 1.54) is 47.4 Å². The first-order valence-corrected chi connectivity index (χ1v) is 16.1. The van der Waals surface area contributed by atoms with Gasteiger partial charge >= 0.3 is 246 Å². The van der Waals surface area contributed by atoms with Crippen LogP contribution >= 0.6 is 0 Å². The van der Waals surface area contributed by atoms with Crippen molar-refractivity contribution in [1.29, 1.82) is 0 Å². The molecule has 0 aliphatic carbocycles. The quantitative estimate of drug-likeness (QED) is 0.181. The van der Waals surface area contributed by atoms with E-state index in [-0.39, 0.29) is 14.5 Å². The van der Waals surface area contributed by atoms with E-state index in [1.807, 2.05) is 12.3 Å². The summed E-state index contributed by atoms with van der Waals surface area (Å²) in [5.41, 5.74) is 11.5. The van der Waals surface area contributed by atoms with Crippen LogP contribution in [0.4, 0.5) is 0 Å². The maximum absolute atomic E-state index is 5.05. The third-order valence-corrected chi connectivity index (χ3v) is 10.4. The van der Waals surface area contributed by atoms with Gasteiger partial charge in [-0.3, -0.25) is 0 Å². The van der Waals surface area contributed by atoms with Gasteiger partial charge in [0.25, 0.3) is 0 Å². The van der Waals surface area contributed by atoms with Gasteiger partial charge in [0.2, 0.25) is 0 Å². The van der Waals surface area contributed by atoms with Crippen LogP contribution in [0.3, 0.4) is 0 Å². The number of nitrogens with zero attached hydrogens (tertiary/aromatic N) is 2. The number of rotatable bonds is 5. The van der Waals surface area contributed by atoms with Gasteiger partial charge in [0.05, 0.1) is 0 Å². The molecule has 0 aliphatic heterocycles. The molecule has 43 heavy (non-hydrogen) atoms. The second-order valence-corrected chi connectivity index (χ2v) is 12.8. The first-order valence-electron chi connectivity index (χ1n) is 14.4. The Bertz CT molecular complexity index is 2160. The number of hydrogen-bond acceptors (Lipinski definition) is 2. The van der Waals surface area contributed by atoms with Gasteiger partial charge in [-0.15, -0.1) is 0 Å². The molecule has 0 N–H and O–H groups in total. The van der Waals surface area contributed by atoms with Crippen molar-refractivity contribution in [2.75, 3.05) is 0 Å². The molecular weight excluding hydrogens is 587 g/mol. The van der Waals surface area contributed by atoms with E-state index in [2.05, 4.69) is 146 Å². The number of aromatic nitrogens is 2. The Hall–Kier alpha value is -5.08. The van der Waals surface area contributed by atoms with Gasteiger partial charge in [0.15, 0.2) is 0 Å². The number of pyridine rings is 1. The summed E-state index contributed by atoms with van der Waals surface area (Å²) in [6, 6.07) is 54.0. The molecule has 2 nitrogen and oxygen atoms in total. The molecule has 0 bridgehead atoms. The molecule has 0 saturated carbocycles. The van der Waals surface area contributed by atoms with Gasteiger partial charge in [0.1, 0.15) is 0 Å². The predicted octanol–water partition coefficient (Wildman–Crippen LogP) is 10.2. The van der Waals surface area contributed by atoms with Crippen molar-refractivity contribution in [3.8, 4) is 54.8 Å². The van der Waals surface area contributed by atoms with Crippen LogP contribution in [-0.2, 0) is 0 Å². The van der Waals surface area contributed by atoms with Crippen LogP contribution in [-0.4, -0.2) is 24.5 Å². The van der Waals surface area contributed by atoms with Gasteiger partial charge in [-0.25, -0.2) is 0 Å². The van der Waals surface area contributed by atoms with Crippen LogP contribution in [0.25, 0.3) is 75.3 Å². The van der Waals surface area contributed by atoms with E-state index in [9.17, 15) is 0 Å². The average molecular weight is 614 g/mol. The first-order chi connectivity index (χ1) is 21.3. The van der Waals surface area contributed by atoms with Crippen molar-refractivity contribution >= 4 is 35.1 Å². The zero-order chi connectivity index (χ0) is 28.6. The fourth-order valence-corrected chi connectivity index (χ4v) is 8.10. The first kappa shape index (κ1) is 25.6. The summed E-state index contributed by atoms with van der Waals surface area (Å²) in [7, 11) is 0. The van der Waals surface area contributed by atoms with Crippen molar-refractivity contribution in [3.05, 3.63) is 158 Å². The SMILES string of the molecule is c1ccc(-c2cc(-c3ccccc3)cc(-c3cccnc3-c3ccc4ccc5nc(-c6ccccc6)[se]c5c4c3)c2)cc1. The second kappa shape index (κ2) is 11.0. The minimum atomic E-state index is 0.135. The van der Waals surface area contributed by atoms with Crippen molar-refractivity contribution in [2.45, 2.75) is 0 Å². The van der Waals surface area contributed by atoms with Crippen molar-refractivity contribution in [3.63, 3.8) is 0 Å². The van der Waals surface area contributed by atoms with Crippen LogP contribution in [0.2, 0.25) is 0 Å². The summed E-state index contributed by atoms with van der Waals surface area (Å²) in [5, 5.41) is 2.51. The van der Waals surface area contributed by atoms with Gasteiger partial charge in [0, 0.05) is 0 Å². The Balaban J connectivity index is 1.30. The Kier molecular flexibility index (Phi) is 6.53. The second-order valence-electron chi connectivity index (χ2n) is 10.7. The fraction of sp³-hybridized carbons (Fsp3) is 0. The molecule has 8 aromatic rings. The van der Waals surface area contributed by atoms with E-state index in [0.717, 1.165) is 27.9 Å². The average Bonchev–Trinajstić information content (AvgIpc) is 3.54. The van der Waals surface area contributed by atoms with E-state index in [0.29, 0.717) is 0 Å². The zero-order valence-corrected chi connectivity index (χ0v) is 25.0. The van der Waals surface area contributed by atoms with Crippen molar-refractivity contribution in [1.82, 2.24) is 9.97 Å². The third kappa shape index (κ3) is 4.89. The Labute approximate surface area is 256 Å². The van der Waals surface area contributed by atoms with Crippen molar-refractivity contribution < 1.29 is 0 Å². The van der Waals surface area contributed by atoms with E-state index in [1.54, 1.807) is 0 Å².